The van der Waals surface area contributed by atoms with Crippen LogP contribution in [0.15, 0.2) is 30.5 Å². The number of amides is 3. The zero-order valence-corrected chi connectivity index (χ0v) is 18.8. The third-order valence-electron chi connectivity index (χ3n) is 5.26. The van der Waals surface area contributed by atoms with Gasteiger partial charge < -0.3 is 42.6 Å². The molecule has 0 aliphatic carbocycles. The lowest BCUT2D eigenvalue weighted by molar-refractivity contribution is -0.138. The zero-order valence-electron chi connectivity index (χ0n) is 18.8. The Morgan fingerprint density at radius 3 is 2.38 bits per heavy atom. The first-order valence-corrected chi connectivity index (χ1v) is 11.0. The molecule has 3 amide bonds. The minimum atomic E-state index is -1.34. The molecule has 10 N–H and O–H groups in total. The third kappa shape index (κ3) is 7.83. The molecule has 3 atom stereocenters. The van der Waals surface area contributed by atoms with Gasteiger partial charge in [0.15, 0.2) is 0 Å². The largest absolute Gasteiger partial charge is 0.480 e. The van der Waals surface area contributed by atoms with Gasteiger partial charge in [0, 0.05) is 17.1 Å². The minimum absolute atomic E-state index is 0.203. The predicted octanol–water partition coefficient (Wildman–Crippen LogP) is -1.67. The van der Waals surface area contributed by atoms with Crippen molar-refractivity contribution in [3.8, 4) is 0 Å². The molecule has 0 fully saturated rings. The molecular weight excluding hydrogens is 444 g/mol. The fraction of sp³-hybridized carbons (Fsp3) is 0.455. The average Bonchev–Trinajstić information content (AvgIpc) is 3.22. The van der Waals surface area contributed by atoms with Crippen LogP contribution in [0.4, 0.5) is 0 Å². The zero-order chi connectivity index (χ0) is 25.1. The van der Waals surface area contributed by atoms with Crippen molar-refractivity contribution in [2.45, 2.75) is 43.8 Å². The number of carbonyl (C=O) groups excluding carboxylic acids is 3. The maximum Gasteiger partial charge on any atom is 0.322 e. The fourth-order valence-electron chi connectivity index (χ4n) is 3.42. The van der Waals surface area contributed by atoms with Crippen molar-refractivity contribution in [2.75, 3.05) is 19.7 Å². The number of benzene rings is 1. The second-order valence-corrected chi connectivity index (χ2v) is 7.87. The second kappa shape index (κ2) is 13.3. The summed E-state index contributed by atoms with van der Waals surface area (Å²) in [6, 6.07) is 4.16. The van der Waals surface area contributed by atoms with Crippen molar-refractivity contribution in [2.24, 2.45) is 11.5 Å². The highest BCUT2D eigenvalue weighted by Crippen LogP contribution is 2.18. The molecule has 1 heterocycles. The summed E-state index contributed by atoms with van der Waals surface area (Å²) < 4.78 is 0. The first-order valence-electron chi connectivity index (χ1n) is 11.0. The van der Waals surface area contributed by atoms with E-state index in [1.807, 2.05) is 24.3 Å². The number of carbonyl (C=O) groups is 4. The van der Waals surface area contributed by atoms with Crippen LogP contribution in [0.2, 0.25) is 0 Å². The average molecular weight is 477 g/mol. The highest BCUT2D eigenvalue weighted by atomic mass is 16.4. The van der Waals surface area contributed by atoms with Crippen LogP contribution < -0.4 is 27.4 Å². The van der Waals surface area contributed by atoms with Gasteiger partial charge in [-0.05, 0) is 43.9 Å². The molecule has 186 valence electrons. The van der Waals surface area contributed by atoms with E-state index in [-0.39, 0.29) is 12.8 Å². The number of para-hydroxylation sites is 1. The van der Waals surface area contributed by atoms with E-state index in [9.17, 15) is 24.3 Å². The first kappa shape index (κ1) is 26.8. The summed E-state index contributed by atoms with van der Waals surface area (Å²) in [5.74, 6) is -3.36. The smallest absolute Gasteiger partial charge is 0.322 e. The van der Waals surface area contributed by atoms with Crippen molar-refractivity contribution in [1.82, 2.24) is 20.9 Å². The van der Waals surface area contributed by atoms with E-state index >= 15 is 0 Å². The molecular formula is C22H32N6O6. The number of fused-ring (bicyclic) bond motifs is 1. The molecule has 34 heavy (non-hydrogen) atoms. The highest BCUT2D eigenvalue weighted by molar-refractivity contribution is 5.94. The normalized spacial score (nSPS) is 13.6. The SMILES string of the molecule is NCCCCC(NC(=O)C(CO)NC(=O)C(N)Cc1c[nH]c2ccccc12)C(=O)NCC(=O)O. The Morgan fingerprint density at radius 2 is 1.71 bits per heavy atom. The topological polar surface area (TPSA) is 213 Å². The molecule has 0 saturated carbocycles. The van der Waals surface area contributed by atoms with Crippen molar-refractivity contribution >= 4 is 34.6 Å². The van der Waals surface area contributed by atoms with Crippen LogP contribution in [-0.2, 0) is 25.6 Å². The Morgan fingerprint density at radius 1 is 1.00 bits per heavy atom. The van der Waals surface area contributed by atoms with Gasteiger partial charge >= 0.3 is 5.97 Å². The molecule has 0 aliphatic heterocycles. The van der Waals surface area contributed by atoms with Crippen molar-refractivity contribution in [3.05, 3.63) is 36.0 Å². The Kier molecular flexibility index (Phi) is 10.5. The van der Waals surface area contributed by atoms with Crippen molar-refractivity contribution < 1.29 is 29.4 Å². The molecule has 2 rings (SSSR count). The van der Waals surface area contributed by atoms with Crippen LogP contribution >= 0.6 is 0 Å². The molecule has 0 bridgehead atoms. The molecule has 0 aliphatic rings. The number of aliphatic hydroxyl groups is 1. The summed E-state index contributed by atoms with van der Waals surface area (Å²) in [7, 11) is 0. The van der Waals surface area contributed by atoms with Crippen LogP contribution in [0, 0.1) is 0 Å². The van der Waals surface area contributed by atoms with Gasteiger partial charge in [-0.3, -0.25) is 19.2 Å². The number of unbranched alkanes of at least 4 members (excludes halogenated alkanes) is 1. The summed E-state index contributed by atoms with van der Waals surface area (Å²) in [6.07, 6.45) is 3.28. The van der Waals surface area contributed by atoms with Gasteiger partial charge in [-0.2, -0.15) is 0 Å². The number of rotatable bonds is 14. The van der Waals surface area contributed by atoms with E-state index in [1.54, 1.807) is 6.20 Å². The molecule has 1 aromatic heterocycles. The number of nitrogens with two attached hydrogens (primary N) is 2. The lowest BCUT2D eigenvalue weighted by Crippen LogP contribution is -2.57. The maximum absolute atomic E-state index is 12.7. The van der Waals surface area contributed by atoms with E-state index in [0.717, 1.165) is 16.5 Å². The molecule has 0 radical (unpaired) electrons. The Bertz CT molecular complexity index is 993. The number of carboxylic acid groups (broad SMARTS) is 1. The third-order valence-corrected chi connectivity index (χ3v) is 5.26. The van der Waals surface area contributed by atoms with E-state index in [1.165, 1.54) is 0 Å². The number of nitrogens with one attached hydrogen (secondary N) is 4. The fourth-order valence-corrected chi connectivity index (χ4v) is 3.42. The summed E-state index contributed by atoms with van der Waals surface area (Å²) in [4.78, 5) is 51.4. The Hall–Kier alpha value is -3.48. The molecule has 12 nitrogen and oxygen atoms in total. The molecule has 12 heteroatoms. The molecule has 3 unspecified atom stereocenters. The van der Waals surface area contributed by atoms with Gasteiger partial charge in [0.2, 0.25) is 17.7 Å². The number of aliphatic carboxylic acids is 1. The van der Waals surface area contributed by atoms with E-state index in [2.05, 4.69) is 20.9 Å². The highest BCUT2D eigenvalue weighted by Gasteiger charge is 2.28. The van der Waals surface area contributed by atoms with Gasteiger partial charge in [0.05, 0.1) is 12.6 Å². The van der Waals surface area contributed by atoms with Crippen LogP contribution in [-0.4, -0.2) is 76.7 Å². The molecule has 0 spiro atoms. The maximum atomic E-state index is 12.7. The van der Waals surface area contributed by atoms with Crippen LogP contribution in [0.5, 0.6) is 0 Å². The number of hydrogen-bond donors (Lipinski definition) is 8. The van der Waals surface area contributed by atoms with Crippen LogP contribution in [0.3, 0.4) is 0 Å². The number of aromatic amines is 1. The first-order chi connectivity index (χ1) is 16.3. The number of H-pyrrole nitrogens is 1. The monoisotopic (exact) mass is 476 g/mol. The van der Waals surface area contributed by atoms with E-state index in [4.69, 9.17) is 16.6 Å². The van der Waals surface area contributed by atoms with Crippen molar-refractivity contribution in [3.63, 3.8) is 0 Å². The summed E-state index contributed by atoms with van der Waals surface area (Å²) in [5, 5.41) is 26.4. The van der Waals surface area contributed by atoms with Crippen LogP contribution in [0.1, 0.15) is 24.8 Å². The lowest BCUT2D eigenvalue weighted by Gasteiger charge is -2.23. The number of hydrogen-bond acceptors (Lipinski definition) is 7. The molecule has 1 aromatic carbocycles. The Balaban J connectivity index is 1.98. The standard InChI is InChI=1S/C22H32N6O6/c23-8-4-3-7-17(21(33)26-11-19(30)31)27-22(34)18(12-29)28-20(32)15(24)9-13-10-25-16-6-2-1-5-14(13)16/h1-2,5-6,10,15,17-18,25,29H,3-4,7-9,11-12,23-24H2,(H,26,33)(H,27,34)(H,28,32)(H,30,31). The molecule has 0 saturated heterocycles. The Labute approximate surface area is 196 Å². The summed E-state index contributed by atoms with van der Waals surface area (Å²) in [6.45, 7) is -0.935. The quantitative estimate of drug-likeness (QED) is 0.147. The van der Waals surface area contributed by atoms with Gasteiger partial charge in [-0.1, -0.05) is 18.2 Å². The van der Waals surface area contributed by atoms with E-state index in [0.29, 0.717) is 19.4 Å². The molecule has 2 aromatic rings. The second-order valence-electron chi connectivity index (χ2n) is 7.87. The number of aromatic nitrogens is 1. The van der Waals surface area contributed by atoms with Crippen molar-refractivity contribution in [1.29, 1.82) is 0 Å². The van der Waals surface area contributed by atoms with E-state index < -0.39 is 55.0 Å². The summed E-state index contributed by atoms with van der Waals surface area (Å²) in [5.41, 5.74) is 13.2. The number of aliphatic hydroxyl groups excluding tert-OH is 1. The predicted molar refractivity (Wildman–Crippen MR) is 124 cm³/mol. The summed E-state index contributed by atoms with van der Waals surface area (Å²) >= 11 is 0. The van der Waals surface area contributed by atoms with Crippen LogP contribution in [0.25, 0.3) is 10.9 Å². The minimum Gasteiger partial charge on any atom is -0.480 e. The van der Waals surface area contributed by atoms with Gasteiger partial charge in [0.25, 0.3) is 0 Å². The van der Waals surface area contributed by atoms with Gasteiger partial charge in [-0.15, -0.1) is 0 Å². The van der Waals surface area contributed by atoms with Gasteiger partial charge in [-0.25, -0.2) is 0 Å². The number of carboxylic acids is 1. The lowest BCUT2D eigenvalue weighted by atomic mass is 10.0. The van der Waals surface area contributed by atoms with Gasteiger partial charge in [0.1, 0.15) is 18.6 Å².